The average molecular weight is 461 g/mol. The van der Waals surface area contributed by atoms with Crippen molar-refractivity contribution in [2.75, 3.05) is 6.61 Å². The lowest BCUT2D eigenvalue weighted by atomic mass is 9.92. The third kappa shape index (κ3) is 3.68. The molecule has 1 aliphatic carbocycles. The highest BCUT2D eigenvalue weighted by Gasteiger charge is 2.49. The van der Waals surface area contributed by atoms with Crippen LogP contribution in [0.5, 0.6) is 5.75 Å². The molecule has 1 unspecified atom stereocenters. The lowest BCUT2D eigenvalue weighted by molar-refractivity contribution is -0.131. The van der Waals surface area contributed by atoms with Gasteiger partial charge in [0.05, 0.1) is 6.54 Å². The SMILES string of the molecule is CC1(c2ccc(OCC(N)=O)cc2)NC(=O)N(Cc2cc(=O)oc3cc4c(cc23)CCC4)C1=O. The van der Waals surface area contributed by atoms with Gasteiger partial charge in [-0.2, -0.15) is 0 Å². The number of carbonyl (C=O) groups is 3. The second kappa shape index (κ2) is 8.02. The molecule has 3 N–H and O–H groups in total. The zero-order chi connectivity index (χ0) is 24.0. The summed E-state index contributed by atoms with van der Waals surface area (Å²) in [7, 11) is 0. The summed E-state index contributed by atoms with van der Waals surface area (Å²) in [5.74, 6) is -0.627. The maximum Gasteiger partial charge on any atom is 0.336 e. The molecule has 0 saturated carbocycles. The zero-order valence-corrected chi connectivity index (χ0v) is 18.6. The molecule has 0 radical (unpaired) electrons. The van der Waals surface area contributed by atoms with Crippen molar-refractivity contribution in [1.29, 1.82) is 0 Å². The molecule has 3 aromatic rings. The lowest BCUT2D eigenvalue weighted by Gasteiger charge is -2.22. The van der Waals surface area contributed by atoms with Crippen LogP contribution < -0.4 is 21.4 Å². The van der Waals surface area contributed by atoms with Gasteiger partial charge in [-0.15, -0.1) is 0 Å². The van der Waals surface area contributed by atoms with Crippen molar-refractivity contribution in [3.05, 3.63) is 75.1 Å². The van der Waals surface area contributed by atoms with E-state index in [1.54, 1.807) is 31.2 Å². The van der Waals surface area contributed by atoms with E-state index in [9.17, 15) is 19.2 Å². The van der Waals surface area contributed by atoms with E-state index in [2.05, 4.69) is 5.32 Å². The fourth-order valence-corrected chi connectivity index (χ4v) is 4.67. The largest absolute Gasteiger partial charge is 0.484 e. The molecular formula is C25H23N3O6. The quantitative estimate of drug-likeness (QED) is 0.427. The first kappa shape index (κ1) is 21.7. The van der Waals surface area contributed by atoms with Gasteiger partial charge in [0.1, 0.15) is 16.9 Å². The number of ether oxygens (including phenoxy) is 1. The van der Waals surface area contributed by atoms with Gasteiger partial charge in [0.2, 0.25) is 0 Å². The molecule has 174 valence electrons. The van der Waals surface area contributed by atoms with Crippen molar-refractivity contribution >= 4 is 28.8 Å². The number of benzene rings is 2. The number of imide groups is 1. The molecule has 1 aromatic heterocycles. The maximum absolute atomic E-state index is 13.4. The van der Waals surface area contributed by atoms with E-state index in [1.165, 1.54) is 17.2 Å². The van der Waals surface area contributed by atoms with Crippen LogP contribution in [0, 0.1) is 0 Å². The number of rotatable bonds is 6. The van der Waals surface area contributed by atoms with Crippen molar-refractivity contribution in [3.8, 4) is 5.75 Å². The molecule has 34 heavy (non-hydrogen) atoms. The molecule has 0 spiro atoms. The Morgan fingerprint density at radius 3 is 2.53 bits per heavy atom. The topological polar surface area (TPSA) is 132 Å². The number of nitrogens with two attached hydrogens (primary N) is 1. The minimum atomic E-state index is -1.30. The summed E-state index contributed by atoms with van der Waals surface area (Å²) in [6.07, 6.45) is 2.93. The molecule has 1 fully saturated rings. The van der Waals surface area contributed by atoms with Gasteiger partial charge < -0.3 is 20.2 Å². The van der Waals surface area contributed by atoms with E-state index < -0.39 is 29.0 Å². The summed E-state index contributed by atoms with van der Waals surface area (Å²) in [6, 6.07) is 11.2. The molecule has 2 aromatic carbocycles. The third-order valence-corrected chi connectivity index (χ3v) is 6.46. The van der Waals surface area contributed by atoms with Crippen LogP contribution in [0.4, 0.5) is 4.79 Å². The smallest absolute Gasteiger partial charge is 0.336 e. The van der Waals surface area contributed by atoms with Crippen LogP contribution in [0.2, 0.25) is 0 Å². The van der Waals surface area contributed by atoms with Crippen LogP contribution in [0.25, 0.3) is 11.0 Å². The Bertz CT molecular complexity index is 1390. The van der Waals surface area contributed by atoms with Crippen LogP contribution in [0.1, 0.15) is 35.6 Å². The fourth-order valence-electron chi connectivity index (χ4n) is 4.67. The summed E-state index contributed by atoms with van der Waals surface area (Å²) >= 11 is 0. The Morgan fingerprint density at radius 1 is 1.12 bits per heavy atom. The number of urea groups is 1. The normalized spacial score (nSPS) is 19.4. The minimum absolute atomic E-state index is 0.0546. The molecule has 1 atom stereocenters. The maximum atomic E-state index is 13.4. The van der Waals surface area contributed by atoms with Crippen molar-refractivity contribution in [2.45, 2.75) is 38.3 Å². The zero-order valence-electron chi connectivity index (χ0n) is 18.6. The van der Waals surface area contributed by atoms with Gasteiger partial charge in [-0.05, 0) is 72.7 Å². The van der Waals surface area contributed by atoms with Gasteiger partial charge in [-0.25, -0.2) is 9.59 Å². The Hall–Kier alpha value is -4.14. The standard InChI is InChI=1S/C25H23N3O6/c1-25(17-5-7-18(8-6-17)33-13-21(26)29)23(31)28(24(32)27-25)12-16-11-22(30)34-20-10-15-4-2-3-14(15)9-19(16)20/h5-11H,2-4,12-13H2,1H3,(H2,26,29)(H,27,32). The predicted octanol–water partition coefficient (Wildman–Crippen LogP) is 2.11. The Balaban J connectivity index is 1.43. The van der Waals surface area contributed by atoms with E-state index in [0.29, 0.717) is 22.5 Å². The molecule has 1 saturated heterocycles. The highest BCUT2D eigenvalue weighted by molar-refractivity contribution is 6.07. The second-order valence-electron chi connectivity index (χ2n) is 8.79. The Morgan fingerprint density at radius 2 is 1.82 bits per heavy atom. The number of hydrogen-bond donors (Lipinski definition) is 2. The summed E-state index contributed by atoms with van der Waals surface area (Å²) in [5, 5.41) is 3.49. The monoisotopic (exact) mass is 461 g/mol. The van der Waals surface area contributed by atoms with E-state index in [4.69, 9.17) is 14.9 Å². The summed E-state index contributed by atoms with van der Waals surface area (Å²) < 4.78 is 10.7. The summed E-state index contributed by atoms with van der Waals surface area (Å²) in [5.41, 5.74) is 7.20. The number of hydrogen-bond acceptors (Lipinski definition) is 6. The molecule has 5 rings (SSSR count). The molecule has 2 aliphatic rings. The number of carbonyl (C=O) groups excluding carboxylic acids is 3. The lowest BCUT2D eigenvalue weighted by Crippen LogP contribution is -2.40. The first-order valence-electron chi connectivity index (χ1n) is 11.0. The van der Waals surface area contributed by atoms with Crippen LogP contribution in [0.3, 0.4) is 0 Å². The summed E-state index contributed by atoms with van der Waals surface area (Å²) in [4.78, 5) is 50.5. The van der Waals surface area contributed by atoms with Crippen LogP contribution >= 0.6 is 0 Å². The number of primary amides is 1. The van der Waals surface area contributed by atoms with Gasteiger partial charge in [0.25, 0.3) is 11.8 Å². The number of fused-ring (bicyclic) bond motifs is 2. The Kier molecular flexibility index (Phi) is 5.11. The van der Waals surface area contributed by atoms with E-state index in [-0.39, 0.29) is 13.2 Å². The Labute approximate surface area is 194 Å². The van der Waals surface area contributed by atoms with Crippen molar-refractivity contribution in [2.24, 2.45) is 5.73 Å². The highest BCUT2D eigenvalue weighted by Crippen LogP contribution is 2.33. The first-order chi connectivity index (χ1) is 16.2. The van der Waals surface area contributed by atoms with E-state index >= 15 is 0 Å². The molecule has 4 amide bonds. The van der Waals surface area contributed by atoms with Gasteiger partial charge in [0, 0.05) is 11.5 Å². The molecule has 9 nitrogen and oxygen atoms in total. The number of nitrogens with one attached hydrogen (secondary N) is 1. The van der Waals surface area contributed by atoms with Crippen molar-refractivity contribution < 1.29 is 23.5 Å². The summed E-state index contributed by atoms with van der Waals surface area (Å²) in [6.45, 7) is 1.31. The van der Waals surface area contributed by atoms with Gasteiger partial charge >= 0.3 is 11.7 Å². The van der Waals surface area contributed by atoms with Crippen LogP contribution in [-0.2, 0) is 34.5 Å². The molecule has 0 bridgehead atoms. The highest BCUT2D eigenvalue weighted by atomic mass is 16.5. The van der Waals surface area contributed by atoms with Crippen LogP contribution in [-0.4, -0.2) is 29.4 Å². The van der Waals surface area contributed by atoms with E-state index in [1.807, 2.05) is 12.1 Å². The minimum Gasteiger partial charge on any atom is -0.484 e. The number of aryl methyl sites for hydroxylation is 2. The van der Waals surface area contributed by atoms with Gasteiger partial charge in [-0.3, -0.25) is 14.5 Å². The van der Waals surface area contributed by atoms with Crippen molar-refractivity contribution in [1.82, 2.24) is 10.2 Å². The third-order valence-electron chi connectivity index (χ3n) is 6.46. The number of nitrogens with zero attached hydrogens (tertiary/aromatic N) is 1. The second-order valence-corrected chi connectivity index (χ2v) is 8.79. The number of amides is 4. The molecule has 2 heterocycles. The predicted molar refractivity (Wildman–Crippen MR) is 122 cm³/mol. The van der Waals surface area contributed by atoms with Crippen molar-refractivity contribution in [3.63, 3.8) is 0 Å². The molecular weight excluding hydrogens is 438 g/mol. The van der Waals surface area contributed by atoms with E-state index in [0.717, 1.165) is 29.5 Å². The fraction of sp³-hybridized carbons (Fsp3) is 0.280. The molecule has 9 heteroatoms. The molecule has 1 aliphatic heterocycles. The van der Waals surface area contributed by atoms with Gasteiger partial charge in [-0.1, -0.05) is 12.1 Å². The van der Waals surface area contributed by atoms with Crippen LogP contribution in [0.15, 0.2) is 51.7 Å². The first-order valence-corrected chi connectivity index (χ1v) is 11.0. The van der Waals surface area contributed by atoms with Gasteiger partial charge in [0.15, 0.2) is 6.61 Å². The average Bonchev–Trinajstić information content (AvgIpc) is 3.34.